The van der Waals surface area contributed by atoms with Crippen LogP contribution in [-0.2, 0) is 6.54 Å². The second kappa shape index (κ2) is 6.39. The standard InChI is InChI=1S/C17H21NO/c1-13(2)18-12-15-9-10-17(11-14(15)3)19-16-7-5-4-6-8-16/h4-11,13,18H,12H2,1-3H3. The van der Waals surface area contributed by atoms with Gasteiger partial charge in [0.25, 0.3) is 0 Å². The lowest BCUT2D eigenvalue weighted by molar-refractivity contribution is 0.481. The van der Waals surface area contributed by atoms with E-state index in [1.54, 1.807) is 0 Å². The molecule has 2 aromatic carbocycles. The summed E-state index contributed by atoms with van der Waals surface area (Å²) in [5, 5.41) is 3.43. The molecule has 2 aromatic rings. The predicted octanol–water partition coefficient (Wildman–Crippen LogP) is 4.29. The molecule has 0 aliphatic heterocycles. The molecule has 2 nitrogen and oxygen atoms in total. The number of rotatable bonds is 5. The van der Waals surface area contributed by atoms with Crippen molar-refractivity contribution in [2.75, 3.05) is 0 Å². The van der Waals surface area contributed by atoms with Crippen LogP contribution < -0.4 is 10.1 Å². The minimum Gasteiger partial charge on any atom is -0.457 e. The highest BCUT2D eigenvalue weighted by molar-refractivity contribution is 5.37. The average molecular weight is 255 g/mol. The van der Waals surface area contributed by atoms with Crippen molar-refractivity contribution in [3.05, 3.63) is 59.7 Å². The van der Waals surface area contributed by atoms with Crippen molar-refractivity contribution in [1.82, 2.24) is 5.32 Å². The van der Waals surface area contributed by atoms with Gasteiger partial charge in [-0.25, -0.2) is 0 Å². The summed E-state index contributed by atoms with van der Waals surface area (Å²) < 4.78 is 5.82. The number of nitrogens with one attached hydrogen (secondary N) is 1. The van der Waals surface area contributed by atoms with Gasteiger partial charge in [0.05, 0.1) is 0 Å². The van der Waals surface area contributed by atoms with Gasteiger partial charge in [-0.1, -0.05) is 38.1 Å². The fourth-order valence-corrected chi connectivity index (χ4v) is 1.87. The summed E-state index contributed by atoms with van der Waals surface area (Å²) in [4.78, 5) is 0. The summed E-state index contributed by atoms with van der Waals surface area (Å²) in [5.41, 5.74) is 2.57. The molecule has 0 saturated heterocycles. The Labute approximate surface area is 115 Å². The van der Waals surface area contributed by atoms with Gasteiger partial charge in [0.2, 0.25) is 0 Å². The van der Waals surface area contributed by atoms with Crippen molar-refractivity contribution in [3.63, 3.8) is 0 Å². The molecule has 2 heteroatoms. The second-order valence-corrected chi connectivity index (χ2v) is 5.04. The van der Waals surface area contributed by atoms with Crippen molar-refractivity contribution in [2.45, 2.75) is 33.4 Å². The Hall–Kier alpha value is -1.80. The maximum atomic E-state index is 5.82. The molecule has 0 atom stereocenters. The lowest BCUT2D eigenvalue weighted by Crippen LogP contribution is -2.22. The molecule has 0 saturated carbocycles. The van der Waals surface area contributed by atoms with Crippen LogP contribution in [0, 0.1) is 6.92 Å². The van der Waals surface area contributed by atoms with Crippen LogP contribution in [0.15, 0.2) is 48.5 Å². The third kappa shape index (κ3) is 4.11. The van der Waals surface area contributed by atoms with Crippen LogP contribution in [0.2, 0.25) is 0 Å². The molecular weight excluding hydrogens is 234 g/mol. The molecule has 0 radical (unpaired) electrons. The first-order valence-corrected chi connectivity index (χ1v) is 6.71. The molecular formula is C17H21NO. The summed E-state index contributed by atoms with van der Waals surface area (Å²) in [6.07, 6.45) is 0. The minimum atomic E-state index is 0.500. The number of para-hydroxylation sites is 1. The maximum absolute atomic E-state index is 5.82. The van der Waals surface area contributed by atoms with Gasteiger partial charge >= 0.3 is 0 Å². The van der Waals surface area contributed by atoms with E-state index in [4.69, 9.17) is 4.74 Å². The van der Waals surface area contributed by atoms with Gasteiger partial charge in [0.15, 0.2) is 0 Å². The monoisotopic (exact) mass is 255 g/mol. The van der Waals surface area contributed by atoms with Gasteiger partial charge in [-0.05, 0) is 42.3 Å². The first-order chi connectivity index (χ1) is 9.15. The Morgan fingerprint density at radius 1 is 1.00 bits per heavy atom. The van der Waals surface area contributed by atoms with E-state index >= 15 is 0 Å². The molecule has 1 N–H and O–H groups in total. The van der Waals surface area contributed by atoms with E-state index < -0.39 is 0 Å². The van der Waals surface area contributed by atoms with Crippen molar-refractivity contribution in [1.29, 1.82) is 0 Å². The highest BCUT2D eigenvalue weighted by Gasteiger charge is 2.03. The van der Waals surface area contributed by atoms with Crippen molar-refractivity contribution in [2.24, 2.45) is 0 Å². The molecule has 0 amide bonds. The number of hydrogen-bond acceptors (Lipinski definition) is 2. The quantitative estimate of drug-likeness (QED) is 0.860. The van der Waals surface area contributed by atoms with Gasteiger partial charge in [0, 0.05) is 12.6 Å². The van der Waals surface area contributed by atoms with E-state index in [0.717, 1.165) is 18.0 Å². The lowest BCUT2D eigenvalue weighted by Gasteiger charge is -2.12. The Balaban J connectivity index is 2.06. The third-order valence-corrected chi connectivity index (χ3v) is 2.99. The van der Waals surface area contributed by atoms with Gasteiger partial charge in [-0.3, -0.25) is 0 Å². The van der Waals surface area contributed by atoms with Crippen LogP contribution in [0.1, 0.15) is 25.0 Å². The highest BCUT2D eigenvalue weighted by Crippen LogP contribution is 2.23. The molecule has 0 spiro atoms. The van der Waals surface area contributed by atoms with E-state index in [1.165, 1.54) is 11.1 Å². The molecule has 0 aliphatic carbocycles. The molecule has 19 heavy (non-hydrogen) atoms. The van der Waals surface area contributed by atoms with Crippen LogP contribution in [0.4, 0.5) is 0 Å². The fraction of sp³-hybridized carbons (Fsp3) is 0.294. The van der Waals surface area contributed by atoms with E-state index in [2.05, 4.69) is 38.2 Å². The van der Waals surface area contributed by atoms with Crippen molar-refractivity contribution >= 4 is 0 Å². The second-order valence-electron chi connectivity index (χ2n) is 5.04. The third-order valence-electron chi connectivity index (χ3n) is 2.99. The first kappa shape index (κ1) is 13.6. The predicted molar refractivity (Wildman–Crippen MR) is 79.7 cm³/mol. The smallest absolute Gasteiger partial charge is 0.127 e. The molecule has 2 rings (SSSR count). The summed E-state index contributed by atoms with van der Waals surface area (Å²) in [6.45, 7) is 7.33. The average Bonchev–Trinajstić information content (AvgIpc) is 2.39. The van der Waals surface area contributed by atoms with E-state index in [0.29, 0.717) is 6.04 Å². The summed E-state index contributed by atoms with van der Waals surface area (Å²) >= 11 is 0. The Morgan fingerprint density at radius 3 is 2.37 bits per heavy atom. The number of benzene rings is 2. The van der Waals surface area contributed by atoms with Crippen LogP contribution >= 0.6 is 0 Å². The zero-order chi connectivity index (χ0) is 13.7. The van der Waals surface area contributed by atoms with Crippen LogP contribution in [-0.4, -0.2) is 6.04 Å². The van der Waals surface area contributed by atoms with E-state index in [-0.39, 0.29) is 0 Å². The number of ether oxygens (including phenoxy) is 1. The zero-order valence-corrected chi connectivity index (χ0v) is 11.8. The van der Waals surface area contributed by atoms with Crippen LogP contribution in [0.3, 0.4) is 0 Å². The number of aryl methyl sites for hydroxylation is 1. The number of hydrogen-bond donors (Lipinski definition) is 1. The normalized spacial score (nSPS) is 10.7. The SMILES string of the molecule is Cc1cc(Oc2ccccc2)ccc1CNC(C)C. The molecule has 0 aromatic heterocycles. The summed E-state index contributed by atoms with van der Waals surface area (Å²) in [7, 11) is 0. The molecule has 0 heterocycles. The van der Waals surface area contributed by atoms with Gasteiger partial charge < -0.3 is 10.1 Å². The van der Waals surface area contributed by atoms with Gasteiger partial charge in [-0.2, -0.15) is 0 Å². The molecule has 0 aliphatic rings. The fourth-order valence-electron chi connectivity index (χ4n) is 1.87. The lowest BCUT2D eigenvalue weighted by atomic mass is 10.1. The van der Waals surface area contributed by atoms with Crippen LogP contribution in [0.5, 0.6) is 11.5 Å². The van der Waals surface area contributed by atoms with Gasteiger partial charge in [0.1, 0.15) is 11.5 Å². The minimum absolute atomic E-state index is 0.500. The molecule has 100 valence electrons. The first-order valence-electron chi connectivity index (χ1n) is 6.71. The van der Waals surface area contributed by atoms with Crippen LogP contribution in [0.25, 0.3) is 0 Å². The van der Waals surface area contributed by atoms with E-state index in [9.17, 15) is 0 Å². The molecule has 0 fully saturated rings. The zero-order valence-electron chi connectivity index (χ0n) is 11.8. The molecule has 0 unspecified atom stereocenters. The molecule has 0 bridgehead atoms. The van der Waals surface area contributed by atoms with Crippen molar-refractivity contribution < 1.29 is 4.74 Å². The largest absolute Gasteiger partial charge is 0.457 e. The topological polar surface area (TPSA) is 21.3 Å². The van der Waals surface area contributed by atoms with Crippen molar-refractivity contribution in [3.8, 4) is 11.5 Å². The Kier molecular flexibility index (Phi) is 4.58. The Morgan fingerprint density at radius 2 is 1.74 bits per heavy atom. The summed E-state index contributed by atoms with van der Waals surface area (Å²) in [5.74, 6) is 1.76. The van der Waals surface area contributed by atoms with Gasteiger partial charge in [-0.15, -0.1) is 0 Å². The highest BCUT2D eigenvalue weighted by atomic mass is 16.5. The summed E-state index contributed by atoms with van der Waals surface area (Å²) in [6, 6.07) is 16.6. The Bertz CT molecular complexity index is 520. The maximum Gasteiger partial charge on any atom is 0.127 e. The van der Waals surface area contributed by atoms with E-state index in [1.807, 2.05) is 36.4 Å².